The Balaban J connectivity index is 1.78. The van der Waals surface area contributed by atoms with Crippen molar-refractivity contribution in [1.82, 2.24) is 4.90 Å². The predicted octanol–water partition coefficient (Wildman–Crippen LogP) is 0.600. The lowest BCUT2D eigenvalue weighted by atomic mass is 9.78. The van der Waals surface area contributed by atoms with Crippen LogP contribution < -0.4 is 15.1 Å². The number of likely N-dealkylation sites (tertiary alicyclic amines) is 1. The third kappa shape index (κ3) is 3.09. The van der Waals surface area contributed by atoms with Gasteiger partial charge in [0.25, 0.3) is 0 Å². The first kappa shape index (κ1) is 17.1. The minimum Gasteiger partial charge on any atom is -0.535 e. The molecule has 1 aromatic carbocycles. The summed E-state index contributed by atoms with van der Waals surface area (Å²) >= 11 is 0. The average Bonchev–Trinajstić information content (AvgIpc) is 2.49. The largest absolute Gasteiger partial charge is 0.535 e. The first-order chi connectivity index (χ1) is 11.3. The van der Waals surface area contributed by atoms with Gasteiger partial charge >= 0.3 is 13.1 Å². The van der Waals surface area contributed by atoms with Crippen molar-refractivity contribution < 1.29 is 24.3 Å². The molecule has 1 aromatic rings. The SMILES string of the molecule is CC(C)(CN)N1CC(Oc2ccc3c(c2C(=O)O)OB(O)CC3)C1. The summed E-state index contributed by atoms with van der Waals surface area (Å²) in [5.74, 6) is -0.614. The van der Waals surface area contributed by atoms with Crippen LogP contribution in [-0.4, -0.2) is 59.4 Å². The number of aryl methyl sites for hydroxylation is 1. The van der Waals surface area contributed by atoms with Crippen LogP contribution in [0.5, 0.6) is 11.5 Å². The summed E-state index contributed by atoms with van der Waals surface area (Å²) in [7, 11) is -0.976. The number of aromatic carboxylic acids is 1. The molecule has 8 heteroatoms. The smallest absolute Gasteiger partial charge is 0.522 e. The highest BCUT2D eigenvalue weighted by Crippen LogP contribution is 2.37. The fraction of sp³-hybridized carbons (Fsp3) is 0.562. The van der Waals surface area contributed by atoms with Crippen molar-refractivity contribution in [1.29, 1.82) is 0 Å². The van der Waals surface area contributed by atoms with Crippen molar-refractivity contribution in [3.05, 3.63) is 23.3 Å². The molecular formula is C16H23BN2O5. The summed E-state index contributed by atoms with van der Waals surface area (Å²) < 4.78 is 11.2. The number of hydrogen-bond donors (Lipinski definition) is 3. The summed E-state index contributed by atoms with van der Waals surface area (Å²) in [5, 5.41) is 19.2. The Morgan fingerprint density at radius 3 is 2.83 bits per heavy atom. The van der Waals surface area contributed by atoms with E-state index in [4.69, 9.17) is 15.1 Å². The van der Waals surface area contributed by atoms with E-state index in [2.05, 4.69) is 18.7 Å². The second kappa shape index (κ2) is 6.27. The van der Waals surface area contributed by atoms with E-state index >= 15 is 0 Å². The summed E-state index contributed by atoms with van der Waals surface area (Å²) in [5.41, 5.74) is 6.44. The number of fused-ring (bicyclic) bond motifs is 1. The normalized spacial score (nSPS) is 18.6. The van der Waals surface area contributed by atoms with Crippen LogP contribution >= 0.6 is 0 Å². The molecule has 2 heterocycles. The Kier molecular flexibility index (Phi) is 4.46. The highest BCUT2D eigenvalue weighted by atomic mass is 16.5. The van der Waals surface area contributed by atoms with Gasteiger partial charge in [-0.25, -0.2) is 4.79 Å². The molecule has 130 valence electrons. The van der Waals surface area contributed by atoms with Crippen molar-refractivity contribution in [3.63, 3.8) is 0 Å². The monoisotopic (exact) mass is 334 g/mol. The van der Waals surface area contributed by atoms with Crippen LogP contribution in [0.2, 0.25) is 6.32 Å². The Morgan fingerprint density at radius 1 is 1.50 bits per heavy atom. The van der Waals surface area contributed by atoms with E-state index in [0.29, 0.717) is 32.4 Å². The molecule has 3 rings (SSSR count). The fourth-order valence-electron chi connectivity index (χ4n) is 3.03. The topological polar surface area (TPSA) is 105 Å². The summed E-state index contributed by atoms with van der Waals surface area (Å²) in [6.45, 7) is 6.08. The van der Waals surface area contributed by atoms with E-state index in [1.807, 2.05) is 6.07 Å². The van der Waals surface area contributed by atoms with E-state index in [-0.39, 0.29) is 28.7 Å². The summed E-state index contributed by atoms with van der Waals surface area (Å²) in [6, 6.07) is 3.49. The number of carbonyl (C=O) groups is 1. The zero-order valence-electron chi connectivity index (χ0n) is 14.0. The lowest BCUT2D eigenvalue weighted by Gasteiger charge is -2.48. The molecule has 0 radical (unpaired) electrons. The van der Waals surface area contributed by atoms with Gasteiger partial charge < -0.3 is 25.3 Å². The molecule has 24 heavy (non-hydrogen) atoms. The van der Waals surface area contributed by atoms with Crippen LogP contribution in [0.25, 0.3) is 0 Å². The Morgan fingerprint density at radius 2 is 2.21 bits per heavy atom. The van der Waals surface area contributed by atoms with Gasteiger partial charge in [-0.3, -0.25) is 4.90 Å². The minimum atomic E-state index is -1.12. The molecule has 2 aliphatic heterocycles. The van der Waals surface area contributed by atoms with E-state index in [1.165, 1.54) is 0 Å². The van der Waals surface area contributed by atoms with Gasteiger partial charge in [0, 0.05) is 25.2 Å². The zero-order valence-corrected chi connectivity index (χ0v) is 14.0. The number of carboxylic acid groups (broad SMARTS) is 1. The molecule has 0 amide bonds. The maximum atomic E-state index is 11.7. The van der Waals surface area contributed by atoms with E-state index in [9.17, 15) is 14.9 Å². The molecule has 0 spiro atoms. The zero-order chi connectivity index (χ0) is 17.5. The standard InChI is InChI=1S/C16H23BN2O5/c1-16(2,9-18)19-7-11(8-19)23-12-4-3-10-5-6-17(22)24-14(10)13(12)15(20)21/h3-4,11,22H,5-9,18H2,1-2H3,(H,20,21). The average molecular weight is 334 g/mol. The molecule has 0 aromatic heterocycles. The number of hydrogen-bond acceptors (Lipinski definition) is 6. The lowest BCUT2D eigenvalue weighted by Crippen LogP contribution is -2.64. The first-order valence-corrected chi connectivity index (χ1v) is 8.17. The van der Waals surface area contributed by atoms with Gasteiger partial charge in [0.05, 0.1) is 0 Å². The van der Waals surface area contributed by atoms with Crippen LogP contribution in [0.1, 0.15) is 29.8 Å². The molecule has 0 aliphatic carbocycles. The van der Waals surface area contributed by atoms with E-state index in [1.54, 1.807) is 6.07 Å². The van der Waals surface area contributed by atoms with Crippen LogP contribution in [0.3, 0.4) is 0 Å². The van der Waals surface area contributed by atoms with Gasteiger partial charge in [0.15, 0.2) is 0 Å². The lowest BCUT2D eigenvalue weighted by molar-refractivity contribution is -0.0388. The third-order valence-electron chi connectivity index (χ3n) is 4.83. The van der Waals surface area contributed by atoms with Crippen molar-refractivity contribution in [3.8, 4) is 11.5 Å². The van der Waals surface area contributed by atoms with Crippen LogP contribution in [-0.2, 0) is 6.42 Å². The first-order valence-electron chi connectivity index (χ1n) is 8.17. The predicted molar refractivity (Wildman–Crippen MR) is 89.6 cm³/mol. The second-order valence-corrected chi connectivity index (χ2v) is 7.00. The van der Waals surface area contributed by atoms with Gasteiger partial charge in [-0.05, 0) is 38.2 Å². The maximum absolute atomic E-state index is 11.7. The van der Waals surface area contributed by atoms with E-state index in [0.717, 1.165) is 5.56 Å². The third-order valence-corrected chi connectivity index (χ3v) is 4.83. The number of nitrogens with zero attached hydrogens (tertiary/aromatic N) is 1. The van der Waals surface area contributed by atoms with Crippen LogP contribution in [0.15, 0.2) is 12.1 Å². The molecule has 2 aliphatic rings. The van der Waals surface area contributed by atoms with Gasteiger partial charge in [-0.2, -0.15) is 0 Å². The van der Waals surface area contributed by atoms with Gasteiger partial charge in [-0.15, -0.1) is 0 Å². The Hall–Kier alpha value is -1.77. The van der Waals surface area contributed by atoms with Gasteiger partial charge in [0.2, 0.25) is 0 Å². The van der Waals surface area contributed by atoms with Gasteiger partial charge in [0.1, 0.15) is 23.2 Å². The van der Waals surface area contributed by atoms with Crippen molar-refractivity contribution in [2.45, 2.75) is 38.2 Å². The number of rotatable bonds is 5. The maximum Gasteiger partial charge on any atom is 0.522 e. The molecule has 4 N–H and O–H groups in total. The molecule has 7 nitrogen and oxygen atoms in total. The molecule has 1 fully saturated rings. The van der Waals surface area contributed by atoms with Crippen molar-refractivity contribution in [2.75, 3.05) is 19.6 Å². The molecule has 0 bridgehead atoms. The molecule has 0 unspecified atom stereocenters. The minimum absolute atomic E-state index is 0.0113. The van der Waals surface area contributed by atoms with Crippen molar-refractivity contribution in [2.24, 2.45) is 5.73 Å². The van der Waals surface area contributed by atoms with Crippen LogP contribution in [0, 0.1) is 0 Å². The van der Waals surface area contributed by atoms with Gasteiger partial charge in [-0.1, -0.05) is 6.07 Å². The molecular weight excluding hydrogens is 311 g/mol. The number of benzene rings is 1. The molecule has 0 atom stereocenters. The molecule has 1 saturated heterocycles. The summed E-state index contributed by atoms with van der Waals surface area (Å²) in [4.78, 5) is 13.9. The second-order valence-electron chi connectivity index (χ2n) is 7.00. The molecule has 0 saturated carbocycles. The van der Waals surface area contributed by atoms with Crippen LogP contribution in [0.4, 0.5) is 0 Å². The Bertz CT molecular complexity index is 646. The summed E-state index contributed by atoms with van der Waals surface area (Å²) in [6.07, 6.45) is 0.956. The Labute approximate surface area is 141 Å². The number of carboxylic acids is 1. The fourth-order valence-corrected chi connectivity index (χ4v) is 3.03. The van der Waals surface area contributed by atoms with Crippen molar-refractivity contribution >= 4 is 13.1 Å². The number of ether oxygens (including phenoxy) is 1. The highest BCUT2D eigenvalue weighted by Gasteiger charge is 2.39. The quantitative estimate of drug-likeness (QED) is 0.677. The highest BCUT2D eigenvalue weighted by molar-refractivity contribution is 6.44. The number of nitrogens with two attached hydrogens (primary N) is 1. The van der Waals surface area contributed by atoms with E-state index < -0.39 is 13.1 Å².